The summed E-state index contributed by atoms with van der Waals surface area (Å²) >= 11 is 0. The Bertz CT molecular complexity index is 1120. The summed E-state index contributed by atoms with van der Waals surface area (Å²) < 4.78 is 2.35. The quantitative estimate of drug-likeness (QED) is 0.491. The molecular weight excluding hydrogens is 392 g/mol. The third-order valence-corrected chi connectivity index (χ3v) is 6.13. The molecule has 7 nitrogen and oxygen atoms in total. The number of benzene rings is 2. The monoisotopic (exact) mass is 420 g/mol. The molecule has 31 heavy (non-hydrogen) atoms. The summed E-state index contributed by atoms with van der Waals surface area (Å²) in [5.74, 6) is -0.105. The van der Waals surface area contributed by atoms with Gasteiger partial charge in [-0.3, -0.25) is 19.7 Å². The predicted molar refractivity (Wildman–Crippen MR) is 119 cm³/mol. The van der Waals surface area contributed by atoms with Crippen molar-refractivity contribution in [3.63, 3.8) is 0 Å². The number of nitrogens with one attached hydrogen (secondary N) is 1. The van der Waals surface area contributed by atoms with Gasteiger partial charge in [0.15, 0.2) is 0 Å². The number of para-hydroxylation sites is 1. The maximum Gasteiger partial charge on any atom is 0.274 e. The van der Waals surface area contributed by atoms with E-state index in [2.05, 4.69) is 40.7 Å². The Labute approximate surface area is 181 Å². The maximum absolute atomic E-state index is 11.7. The molecule has 1 aliphatic heterocycles. The van der Waals surface area contributed by atoms with Crippen LogP contribution in [0.15, 0.2) is 48.5 Å². The van der Waals surface area contributed by atoms with Crippen LogP contribution in [0.1, 0.15) is 46.9 Å². The van der Waals surface area contributed by atoms with Gasteiger partial charge >= 0.3 is 0 Å². The molecule has 1 unspecified atom stereocenters. The Morgan fingerprint density at radius 1 is 1.16 bits per heavy atom. The van der Waals surface area contributed by atoms with Crippen molar-refractivity contribution in [3.05, 3.63) is 70.9 Å². The van der Waals surface area contributed by atoms with Crippen molar-refractivity contribution in [2.75, 3.05) is 20.3 Å². The van der Waals surface area contributed by atoms with Gasteiger partial charge in [0.2, 0.25) is 5.91 Å². The van der Waals surface area contributed by atoms with Gasteiger partial charge in [-0.05, 0) is 35.2 Å². The lowest BCUT2D eigenvalue weighted by molar-refractivity contribution is -0.129. The second kappa shape index (κ2) is 8.53. The van der Waals surface area contributed by atoms with Crippen molar-refractivity contribution in [2.45, 2.75) is 32.9 Å². The molecule has 0 radical (unpaired) electrons. The lowest BCUT2D eigenvalue weighted by Gasteiger charge is -2.34. The number of nitrogens with zero attached hydrogens (tertiary/aromatic N) is 3. The van der Waals surface area contributed by atoms with E-state index >= 15 is 0 Å². The minimum atomic E-state index is -0.519. The van der Waals surface area contributed by atoms with Crippen LogP contribution in [0.2, 0.25) is 0 Å². The van der Waals surface area contributed by atoms with Gasteiger partial charge in [0.25, 0.3) is 5.91 Å². The predicted octanol–water partition coefficient (Wildman–Crippen LogP) is 3.16. The third kappa shape index (κ3) is 4.06. The zero-order valence-corrected chi connectivity index (χ0v) is 18.1. The van der Waals surface area contributed by atoms with Crippen molar-refractivity contribution in [2.24, 2.45) is 0 Å². The Balaban J connectivity index is 1.71. The number of amides is 2. The van der Waals surface area contributed by atoms with Gasteiger partial charge < -0.3 is 9.47 Å². The Hall–Kier alpha value is -3.16. The van der Waals surface area contributed by atoms with Crippen LogP contribution in [0.3, 0.4) is 0 Å². The number of rotatable bonds is 5. The van der Waals surface area contributed by atoms with Gasteiger partial charge in [-0.2, -0.15) is 0 Å². The summed E-state index contributed by atoms with van der Waals surface area (Å²) in [7, 11) is 1.84. The lowest BCUT2D eigenvalue weighted by atomic mass is 9.93. The largest absolute Gasteiger partial charge is 0.339 e. The lowest BCUT2D eigenvalue weighted by Crippen LogP contribution is -2.42. The molecule has 162 valence electrons. The van der Waals surface area contributed by atoms with Gasteiger partial charge in [-0.1, -0.05) is 37.3 Å². The van der Waals surface area contributed by atoms with E-state index in [0.29, 0.717) is 24.7 Å². The van der Waals surface area contributed by atoms with Crippen LogP contribution in [0.5, 0.6) is 0 Å². The number of hydroxylamine groups is 1. The highest BCUT2D eigenvalue weighted by Gasteiger charge is 2.29. The highest BCUT2D eigenvalue weighted by Crippen LogP contribution is 2.37. The number of fused-ring (bicyclic) bond motifs is 3. The first-order chi connectivity index (χ1) is 14.9. The van der Waals surface area contributed by atoms with Crippen LogP contribution >= 0.6 is 0 Å². The molecule has 3 aromatic rings. The molecule has 0 spiro atoms. The number of aromatic nitrogens is 1. The fourth-order valence-electron chi connectivity index (χ4n) is 4.55. The SMILES string of the molecule is CC(=O)N(C)CN1Cc2c(c3ccccc3n2Cc2ccc(C(=O)NO)cc2)C(C)C1. The molecular formula is C24H28N4O3. The summed E-state index contributed by atoms with van der Waals surface area (Å²) in [4.78, 5) is 27.4. The molecule has 1 aliphatic rings. The van der Waals surface area contributed by atoms with E-state index in [0.717, 1.165) is 18.7 Å². The van der Waals surface area contributed by atoms with Crippen LogP contribution in [0, 0.1) is 0 Å². The molecule has 0 saturated heterocycles. The Morgan fingerprint density at radius 2 is 1.87 bits per heavy atom. The summed E-state index contributed by atoms with van der Waals surface area (Å²) in [6.45, 7) is 6.81. The average molecular weight is 421 g/mol. The third-order valence-electron chi connectivity index (χ3n) is 6.13. The van der Waals surface area contributed by atoms with Gasteiger partial charge in [0.1, 0.15) is 0 Å². The van der Waals surface area contributed by atoms with E-state index in [1.165, 1.54) is 22.2 Å². The summed E-state index contributed by atoms with van der Waals surface area (Å²) in [5.41, 5.74) is 7.00. The normalized spacial score (nSPS) is 16.2. The molecule has 2 aromatic carbocycles. The molecule has 0 aliphatic carbocycles. The van der Waals surface area contributed by atoms with E-state index in [-0.39, 0.29) is 5.91 Å². The first kappa shape index (κ1) is 21.1. The molecule has 2 heterocycles. The van der Waals surface area contributed by atoms with E-state index in [1.807, 2.05) is 19.2 Å². The highest BCUT2D eigenvalue weighted by atomic mass is 16.5. The molecule has 0 saturated carbocycles. The van der Waals surface area contributed by atoms with Crippen molar-refractivity contribution in [3.8, 4) is 0 Å². The first-order valence-corrected chi connectivity index (χ1v) is 10.5. The Kier molecular flexibility index (Phi) is 5.80. The van der Waals surface area contributed by atoms with Crippen molar-refractivity contribution in [1.82, 2.24) is 19.8 Å². The van der Waals surface area contributed by atoms with Crippen LogP contribution in [0.25, 0.3) is 10.9 Å². The highest BCUT2D eigenvalue weighted by molar-refractivity contribution is 5.93. The number of hydrogen-bond donors (Lipinski definition) is 2. The molecule has 0 fully saturated rings. The van der Waals surface area contributed by atoms with Crippen molar-refractivity contribution < 1.29 is 14.8 Å². The molecule has 1 atom stereocenters. The van der Waals surface area contributed by atoms with Crippen molar-refractivity contribution >= 4 is 22.7 Å². The first-order valence-electron chi connectivity index (χ1n) is 10.5. The summed E-state index contributed by atoms with van der Waals surface area (Å²) in [6, 6.07) is 15.8. The van der Waals surface area contributed by atoms with Crippen LogP contribution in [0.4, 0.5) is 0 Å². The van der Waals surface area contributed by atoms with E-state index in [9.17, 15) is 9.59 Å². The van der Waals surface area contributed by atoms with E-state index in [1.54, 1.807) is 29.4 Å². The Morgan fingerprint density at radius 3 is 2.55 bits per heavy atom. The number of carbonyl (C=O) groups excluding carboxylic acids is 2. The number of hydrogen-bond acceptors (Lipinski definition) is 4. The number of carbonyl (C=O) groups is 2. The molecule has 7 heteroatoms. The van der Waals surface area contributed by atoms with Gasteiger partial charge in [-0.15, -0.1) is 0 Å². The zero-order valence-electron chi connectivity index (χ0n) is 18.1. The fourth-order valence-corrected chi connectivity index (χ4v) is 4.55. The standard InChI is InChI=1S/C24H28N4O3/c1-16-12-27(15-26(3)17(2)29)14-22-23(16)20-6-4-5-7-21(20)28(22)13-18-8-10-19(11-9-18)24(30)25-31/h4-11,16,31H,12-15H2,1-3H3,(H,25,30). The smallest absolute Gasteiger partial charge is 0.274 e. The summed E-state index contributed by atoms with van der Waals surface area (Å²) in [5, 5.41) is 10.1. The van der Waals surface area contributed by atoms with Gasteiger partial charge in [-0.25, -0.2) is 5.48 Å². The fraction of sp³-hybridized carbons (Fsp3) is 0.333. The average Bonchev–Trinajstić information content (AvgIpc) is 3.07. The van der Waals surface area contributed by atoms with Gasteiger partial charge in [0.05, 0.1) is 6.67 Å². The molecule has 1 aromatic heterocycles. The van der Waals surface area contributed by atoms with Gasteiger partial charge in [0, 0.05) is 55.8 Å². The molecule has 2 N–H and O–H groups in total. The van der Waals surface area contributed by atoms with E-state index in [4.69, 9.17) is 5.21 Å². The van der Waals surface area contributed by atoms with Crippen LogP contribution in [-0.2, 0) is 17.9 Å². The second-order valence-electron chi connectivity index (χ2n) is 8.37. The van der Waals surface area contributed by atoms with Crippen LogP contribution < -0.4 is 5.48 Å². The minimum absolute atomic E-state index is 0.0611. The molecule has 4 rings (SSSR count). The topological polar surface area (TPSA) is 77.8 Å². The molecule has 2 amide bonds. The zero-order chi connectivity index (χ0) is 22.1. The minimum Gasteiger partial charge on any atom is -0.339 e. The second-order valence-corrected chi connectivity index (χ2v) is 8.37. The van der Waals surface area contributed by atoms with Crippen molar-refractivity contribution in [1.29, 1.82) is 0 Å². The molecule has 0 bridgehead atoms. The van der Waals surface area contributed by atoms with E-state index < -0.39 is 5.91 Å². The summed E-state index contributed by atoms with van der Waals surface area (Å²) in [6.07, 6.45) is 0. The van der Waals surface area contributed by atoms with Crippen LogP contribution in [-0.4, -0.2) is 51.6 Å². The maximum atomic E-state index is 11.7.